The third kappa shape index (κ3) is 3.11. The molecule has 4 nitrogen and oxygen atoms in total. The third-order valence-electron chi connectivity index (χ3n) is 1.40. The van der Waals surface area contributed by atoms with Crippen molar-refractivity contribution in [2.24, 2.45) is 0 Å². The predicted octanol–water partition coefficient (Wildman–Crippen LogP) is 1.26. The first-order chi connectivity index (χ1) is 6.80. The van der Waals surface area contributed by atoms with Crippen molar-refractivity contribution in [1.29, 1.82) is 0 Å². The zero-order chi connectivity index (χ0) is 11.6. The average Bonchev–Trinajstić information content (AvgIpc) is 2.51. The molecule has 0 aliphatic carbocycles. The molecular weight excluding hydrogens is 227 g/mol. The number of alkyl halides is 5. The molecule has 1 rings (SSSR count). The Morgan fingerprint density at radius 2 is 1.93 bits per heavy atom. The lowest BCUT2D eigenvalue weighted by molar-refractivity contribution is -0.146. The summed E-state index contributed by atoms with van der Waals surface area (Å²) in [5.41, 5.74) is 0. The summed E-state index contributed by atoms with van der Waals surface area (Å²) in [6, 6.07) is 0. The molecule has 86 valence electrons. The maximum absolute atomic E-state index is 11.9. The first-order valence-electron chi connectivity index (χ1n) is 3.66. The SMILES string of the molecule is OC(Cc1nc(C(F)(F)F)no1)C(F)F. The summed E-state index contributed by atoms with van der Waals surface area (Å²) in [6.07, 6.45) is -10.8. The van der Waals surface area contributed by atoms with Crippen molar-refractivity contribution in [2.75, 3.05) is 0 Å². The highest BCUT2D eigenvalue weighted by atomic mass is 19.4. The minimum atomic E-state index is -4.79. The lowest BCUT2D eigenvalue weighted by Gasteiger charge is -2.04. The topological polar surface area (TPSA) is 59.2 Å². The van der Waals surface area contributed by atoms with Crippen LogP contribution in [0.15, 0.2) is 4.52 Å². The van der Waals surface area contributed by atoms with E-state index < -0.39 is 36.8 Å². The van der Waals surface area contributed by atoms with Crippen molar-refractivity contribution in [2.45, 2.75) is 25.1 Å². The molecule has 0 saturated heterocycles. The third-order valence-corrected chi connectivity index (χ3v) is 1.40. The van der Waals surface area contributed by atoms with Crippen LogP contribution in [-0.4, -0.2) is 27.8 Å². The zero-order valence-corrected chi connectivity index (χ0v) is 7.00. The van der Waals surface area contributed by atoms with Crippen molar-refractivity contribution in [3.05, 3.63) is 11.7 Å². The molecule has 15 heavy (non-hydrogen) atoms. The Labute approximate surface area is 79.7 Å². The first-order valence-corrected chi connectivity index (χ1v) is 3.66. The fraction of sp³-hybridized carbons (Fsp3) is 0.667. The summed E-state index contributed by atoms with van der Waals surface area (Å²) in [4.78, 5) is 2.81. The van der Waals surface area contributed by atoms with E-state index in [9.17, 15) is 22.0 Å². The summed E-state index contributed by atoms with van der Waals surface area (Å²) in [7, 11) is 0. The molecule has 1 N–H and O–H groups in total. The molecule has 1 aromatic heterocycles. The van der Waals surface area contributed by atoms with Gasteiger partial charge >= 0.3 is 6.18 Å². The first kappa shape index (κ1) is 11.8. The Morgan fingerprint density at radius 3 is 2.33 bits per heavy atom. The molecule has 0 aromatic carbocycles. The minimum absolute atomic E-state index is 0.685. The summed E-state index contributed by atoms with van der Waals surface area (Å²) >= 11 is 0. The molecule has 0 spiro atoms. The Bertz CT molecular complexity index is 324. The van der Waals surface area contributed by atoms with E-state index >= 15 is 0 Å². The van der Waals surface area contributed by atoms with Crippen molar-refractivity contribution < 1.29 is 31.6 Å². The maximum Gasteiger partial charge on any atom is 0.455 e. The molecule has 1 unspecified atom stereocenters. The zero-order valence-electron chi connectivity index (χ0n) is 7.00. The van der Waals surface area contributed by atoms with Crippen molar-refractivity contribution in [1.82, 2.24) is 10.1 Å². The van der Waals surface area contributed by atoms with Crippen LogP contribution in [0.1, 0.15) is 11.7 Å². The quantitative estimate of drug-likeness (QED) is 0.797. The Balaban J connectivity index is 2.69. The van der Waals surface area contributed by atoms with Gasteiger partial charge in [-0.3, -0.25) is 0 Å². The average molecular weight is 232 g/mol. The second-order valence-corrected chi connectivity index (χ2v) is 2.62. The minimum Gasteiger partial charge on any atom is -0.387 e. The normalized spacial score (nSPS) is 14.6. The predicted molar refractivity (Wildman–Crippen MR) is 35.0 cm³/mol. The Kier molecular flexibility index (Phi) is 3.22. The standard InChI is InChI=1S/C6H5F5N2O2/c7-4(8)2(14)1-3-12-5(13-15-3)6(9,10)11/h2,4,14H,1H2. The molecule has 0 saturated carbocycles. The van der Waals surface area contributed by atoms with Gasteiger partial charge in [-0.25, -0.2) is 8.78 Å². The van der Waals surface area contributed by atoms with Gasteiger partial charge in [0, 0.05) is 0 Å². The smallest absolute Gasteiger partial charge is 0.387 e. The molecule has 0 amide bonds. The largest absolute Gasteiger partial charge is 0.455 e. The second-order valence-electron chi connectivity index (χ2n) is 2.62. The van der Waals surface area contributed by atoms with Crippen LogP contribution in [0, 0.1) is 0 Å². The van der Waals surface area contributed by atoms with E-state index in [1.165, 1.54) is 0 Å². The highest BCUT2D eigenvalue weighted by molar-refractivity contribution is 4.92. The van der Waals surface area contributed by atoms with Crippen LogP contribution >= 0.6 is 0 Å². The van der Waals surface area contributed by atoms with Gasteiger partial charge in [-0.05, 0) is 0 Å². The van der Waals surface area contributed by atoms with Crippen molar-refractivity contribution in [3.63, 3.8) is 0 Å². The van der Waals surface area contributed by atoms with Crippen LogP contribution in [0.4, 0.5) is 22.0 Å². The highest BCUT2D eigenvalue weighted by Gasteiger charge is 2.37. The highest BCUT2D eigenvalue weighted by Crippen LogP contribution is 2.26. The van der Waals surface area contributed by atoms with Gasteiger partial charge in [0.05, 0.1) is 6.42 Å². The van der Waals surface area contributed by atoms with E-state index in [1.807, 2.05) is 0 Å². The number of aromatic nitrogens is 2. The van der Waals surface area contributed by atoms with Crippen LogP contribution in [0.25, 0.3) is 0 Å². The lowest BCUT2D eigenvalue weighted by atomic mass is 10.2. The van der Waals surface area contributed by atoms with Crippen LogP contribution in [0.2, 0.25) is 0 Å². The Hall–Kier alpha value is -1.25. The monoisotopic (exact) mass is 232 g/mol. The van der Waals surface area contributed by atoms with Gasteiger partial charge in [0.25, 0.3) is 12.2 Å². The summed E-state index contributed by atoms with van der Waals surface area (Å²) in [6.45, 7) is 0. The van der Waals surface area contributed by atoms with Crippen LogP contribution in [-0.2, 0) is 12.6 Å². The maximum atomic E-state index is 11.9. The van der Waals surface area contributed by atoms with Gasteiger partial charge in [0.2, 0.25) is 5.89 Å². The number of aliphatic hydroxyl groups excluding tert-OH is 1. The molecule has 1 aromatic rings. The van der Waals surface area contributed by atoms with E-state index in [4.69, 9.17) is 5.11 Å². The number of halogens is 5. The van der Waals surface area contributed by atoms with Crippen LogP contribution < -0.4 is 0 Å². The summed E-state index contributed by atoms with van der Waals surface area (Å²) in [5.74, 6) is -2.24. The molecular formula is C6H5F5N2O2. The van der Waals surface area contributed by atoms with Crippen molar-refractivity contribution in [3.8, 4) is 0 Å². The van der Waals surface area contributed by atoms with E-state index in [-0.39, 0.29) is 0 Å². The van der Waals surface area contributed by atoms with Crippen LogP contribution in [0.5, 0.6) is 0 Å². The molecule has 9 heteroatoms. The summed E-state index contributed by atoms with van der Waals surface area (Å²) in [5, 5.41) is 11.2. The van der Waals surface area contributed by atoms with Crippen molar-refractivity contribution >= 4 is 0 Å². The van der Waals surface area contributed by atoms with Gasteiger partial charge in [0.15, 0.2) is 0 Å². The summed E-state index contributed by atoms with van der Waals surface area (Å²) < 4.78 is 63.3. The van der Waals surface area contributed by atoms with E-state index in [2.05, 4.69) is 14.7 Å². The van der Waals surface area contributed by atoms with Gasteiger partial charge in [-0.15, -0.1) is 0 Å². The number of hydrogen-bond acceptors (Lipinski definition) is 4. The van der Waals surface area contributed by atoms with Gasteiger partial charge < -0.3 is 9.63 Å². The number of aliphatic hydroxyl groups is 1. The molecule has 1 heterocycles. The molecule has 0 aliphatic rings. The van der Waals surface area contributed by atoms with E-state index in [1.54, 1.807) is 0 Å². The Morgan fingerprint density at radius 1 is 1.33 bits per heavy atom. The fourth-order valence-corrected chi connectivity index (χ4v) is 0.721. The number of nitrogens with zero attached hydrogens (tertiary/aromatic N) is 2. The van der Waals surface area contributed by atoms with Gasteiger partial charge in [-0.1, -0.05) is 5.16 Å². The van der Waals surface area contributed by atoms with E-state index in [0.29, 0.717) is 0 Å². The molecule has 0 radical (unpaired) electrons. The van der Waals surface area contributed by atoms with Gasteiger partial charge in [-0.2, -0.15) is 18.2 Å². The number of hydrogen-bond donors (Lipinski definition) is 1. The molecule has 1 atom stereocenters. The number of rotatable bonds is 3. The lowest BCUT2D eigenvalue weighted by Crippen LogP contribution is -2.20. The molecule has 0 fully saturated rings. The van der Waals surface area contributed by atoms with Crippen LogP contribution in [0.3, 0.4) is 0 Å². The van der Waals surface area contributed by atoms with E-state index in [0.717, 1.165) is 0 Å². The molecule has 0 bridgehead atoms. The fourth-order valence-electron chi connectivity index (χ4n) is 0.721. The molecule has 0 aliphatic heterocycles. The second kappa shape index (κ2) is 4.09. The van der Waals surface area contributed by atoms with Gasteiger partial charge in [0.1, 0.15) is 6.10 Å².